The van der Waals surface area contributed by atoms with E-state index >= 15 is 0 Å². The van der Waals surface area contributed by atoms with Crippen LogP contribution < -0.4 is 4.74 Å². The number of hydrogen-bond acceptors (Lipinski definition) is 6. The maximum Gasteiger partial charge on any atom is 0.310 e. The van der Waals surface area contributed by atoms with Gasteiger partial charge in [-0.05, 0) is 36.2 Å². The number of amides is 1. The minimum absolute atomic E-state index is 0.0413. The fourth-order valence-corrected chi connectivity index (χ4v) is 3.87. The van der Waals surface area contributed by atoms with Gasteiger partial charge in [-0.2, -0.15) is 0 Å². The first-order valence-electron chi connectivity index (χ1n) is 10.3. The van der Waals surface area contributed by atoms with Gasteiger partial charge in [0.2, 0.25) is 5.88 Å². The second-order valence-corrected chi connectivity index (χ2v) is 8.24. The highest BCUT2D eigenvalue weighted by molar-refractivity contribution is 9.10. The number of benzene rings is 3. The van der Waals surface area contributed by atoms with Gasteiger partial charge in [-0.15, -0.1) is 10.2 Å². The van der Waals surface area contributed by atoms with Crippen LogP contribution in [0.1, 0.15) is 5.56 Å². The van der Waals surface area contributed by atoms with Crippen LogP contribution in [0.5, 0.6) is 11.6 Å². The molecule has 0 bridgehead atoms. The van der Waals surface area contributed by atoms with E-state index in [2.05, 4.69) is 26.2 Å². The van der Waals surface area contributed by atoms with Crippen LogP contribution in [0.15, 0.2) is 87.5 Å². The molecule has 0 saturated heterocycles. The van der Waals surface area contributed by atoms with Crippen LogP contribution >= 0.6 is 15.9 Å². The number of nitrogens with zero attached hydrogens (tertiary/aromatic N) is 4. The number of carbonyl (C=O) groups is 1. The molecule has 0 saturated carbocycles. The molecule has 0 aliphatic heterocycles. The molecule has 4 aromatic rings. The van der Waals surface area contributed by atoms with Gasteiger partial charge in [0.1, 0.15) is 0 Å². The largest absolute Gasteiger partial charge is 0.493 e. The van der Waals surface area contributed by atoms with Crippen molar-refractivity contribution in [3.63, 3.8) is 0 Å². The zero-order chi connectivity index (χ0) is 24.1. The van der Waals surface area contributed by atoms with Crippen molar-refractivity contribution in [2.24, 2.45) is 10.2 Å². The van der Waals surface area contributed by atoms with Crippen LogP contribution in [0.3, 0.4) is 0 Å². The van der Waals surface area contributed by atoms with Crippen molar-refractivity contribution in [2.75, 3.05) is 6.61 Å². The van der Waals surface area contributed by atoms with E-state index in [1.165, 1.54) is 18.2 Å². The van der Waals surface area contributed by atoms with Crippen LogP contribution in [0.2, 0.25) is 0 Å². The van der Waals surface area contributed by atoms with Gasteiger partial charge in [0, 0.05) is 22.5 Å². The molecule has 0 aliphatic carbocycles. The molecule has 0 unspecified atom stereocenters. The van der Waals surface area contributed by atoms with Crippen molar-refractivity contribution in [1.82, 2.24) is 4.57 Å². The molecule has 0 atom stereocenters. The second-order valence-electron chi connectivity index (χ2n) is 7.33. The molecule has 172 valence electrons. The Hall–Kier alpha value is -4.05. The standard InChI is InChI=1S/C24H19BrN4O5/c25-17-10-11-19-18(14-17)23(24(31)28(19)13-12-16-6-2-1-3-7-16)27-26-22(30)15-34-21-9-5-4-8-20(21)29(32)33/h1-11,14,31H,12-13,15H2. The van der Waals surface area contributed by atoms with Crippen molar-refractivity contribution >= 4 is 44.1 Å². The zero-order valence-electron chi connectivity index (χ0n) is 17.8. The van der Waals surface area contributed by atoms with Crippen molar-refractivity contribution in [3.05, 3.63) is 92.9 Å². The van der Waals surface area contributed by atoms with Gasteiger partial charge in [0.25, 0.3) is 0 Å². The molecule has 1 heterocycles. The molecule has 1 aromatic heterocycles. The maximum atomic E-state index is 12.2. The molecular formula is C24H19BrN4O5. The van der Waals surface area contributed by atoms with E-state index < -0.39 is 17.4 Å². The fraction of sp³-hybridized carbons (Fsp3) is 0.125. The summed E-state index contributed by atoms with van der Waals surface area (Å²) in [5, 5.41) is 30.2. The van der Waals surface area contributed by atoms with E-state index in [-0.39, 0.29) is 23.0 Å². The number of aromatic hydroxyl groups is 1. The minimum Gasteiger partial charge on any atom is -0.493 e. The third kappa shape index (κ3) is 5.12. The highest BCUT2D eigenvalue weighted by atomic mass is 79.9. The molecule has 0 aliphatic rings. The summed E-state index contributed by atoms with van der Waals surface area (Å²) in [5.41, 5.74) is 1.76. The van der Waals surface area contributed by atoms with Gasteiger partial charge in [-0.25, -0.2) is 0 Å². The summed E-state index contributed by atoms with van der Waals surface area (Å²) in [4.78, 5) is 22.7. The van der Waals surface area contributed by atoms with E-state index in [0.717, 1.165) is 15.6 Å². The SMILES string of the molecule is O=C(COc1ccccc1[N+](=O)[O-])N=Nc1c(O)n(CCc2ccccc2)c2ccc(Br)cc12. The Morgan fingerprint density at radius 3 is 2.59 bits per heavy atom. The van der Waals surface area contributed by atoms with Crippen molar-refractivity contribution in [1.29, 1.82) is 0 Å². The lowest BCUT2D eigenvalue weighted by atomic mass is 10.1. The van der Waals surface area contributed by atoms with E-state index in [1.54, 1.807) is 16.7 Å². The van der Waals surface area contributed by atoms with E-state index in [9.17, 15) is 20.0 Å². The molecule has 3 aromatic carbocycles. The molecule has 1 amide bonds. The lowest BCUT2D eigenvalue weighted by molar-refractivity contribution is -0.385. The molecule has 34 heavy (non-hydrogen) atoms. The van der Waals surface area contributed by atoms with Crippen molar-refractivity contribution in [3.8, 4) is 11.6 Å². The number of aromatic nitrogens is 1. The number of rotatable bonds is 8. The number of para-hydroxylation sites is 2. The highest BCUT2D eigenvalue weighted by Crippen LogP contribution is 2.40. The Morgan fingerprint density at radius 1 is 1.09 bits per heavy atom. The maximum absolute atomic E-state index is 12.2. The van der Waals surface area contributed by atoms with Crippen LogP contribution in [0.25, 0.3) is 10.9 Å². The average Bonchev–Trinajstić information content (AvgIpc) is 3.10. The number of ether oxygens (including phenoxy) is 1. The topological polar surface area (TPSA) is 119 Å². The van der Waals surface area contributed by atoms with Gasteiger partial charge in [0.15, 0.2) is 18.0 Å². The van der Waals surface area contributed by atoms with Crippen LogP contribution in [-0.2, 0) is 17.8 Å². The van der Waals surface area contributed by atoms with Crippen molar-refractivity contribution < 1.29 is 19.6 Å². The van der Waals surface area contributed by atoms with Gasteiger partial charge in [-0.1, -0.05) is 58.4 Å². The first-order valence-corrected chi connectivity index (χ1v) is 11.1. The first kappa shape index (κ1) is 23.1. The van der Waals surface area contributed by atoms with Gasteiger partial charge in [0.05, 0.1) is 10.4 Å². The van der Waals surface area contributed by atoms with Crippen molar-refractivity contribution in [2.45, 2.75) is 13.0 Å². The number of fused-ring (bicyclic) bond motifs is 1. The smallest absolute Gasteiger partial charge is 0.310 e. The summed E-state index contributed by atoms with van der Waals surface area (Å²) in [6, 6.07) is 21.1. The zero-order valence-corrected chi connectivity index (χ0v) is 19.4. The summed E-state index contributed by atoms with van der Waals surface area (Å²) in [6.07, 6.45) is 0.688. The van der Waals surface area contributed by atoms with E-state index in [0.29, 0.717) is 18.4 Å². The number of carbonyl (C=O) groups excluding carboxylic acids is 1. The number of aryl methyl sites for hydroxylation is 2. The van der Waals surface area contributed by atoms with Gasteiger partial charge >= 0.3 is 11.6 Å². The number of nitro groups is 1. The van der Waals surface area contributed by atoms with Crippen LogP contribution in [0.4, 0.5) is 11.4 Å². The highest BCUT2D eigenvalue weighted by Gasteiger charge is 2.18. The normalized spacial score (nSPS) is 11.2. The second kappa shape index (κ2) is 10.3. The monoisotopic (exact) mass is 522 g/mol. The van der Waals surface area contributed by atoms with Gasteiger partial charge in [-0.3, -0.25) is 14.9 Å². The molecule has 9 nitrogen and oxygen atoms in total. The number of nitro benzene ring substituents is 1. The summed E-state index contributed by atoms with van der Waals surface area (Å²) in [5.74, 6) is -0.904. The Bertz CT molecular complexity index is 1390. The lowest BCUT2D eigenvalue weighted by Gasteiger charge is -2.07. The summed E-state index contributed by atoms with van der Waals surface area (Å²) in [7, 11) is 0. The third-order valence-electron chi connectivity index (χ3n) is 5.11. The number of halogens is 1. The summed E-state index contributed by atoms with van der Waals surface area (Å²) < 4.78 is 7.76. The fourth-order valence-electron chi connectivity index (χ4n) is 3.51. The molecule has 1 N–H and O–H groups in total. The third-order valence-corrected chi connectivity index (χ3v) is 5.61. The van der Waals surface area contributed by atoms with Crippen LogP contribution in [-0.4, -0.2) is 27.1 Å². The molecule has 0 radical (unpaired) electrons. The Kier molecular flexibility index (Phi) is 6.98. The number of hydrogen-bond donors (Lipinski definition) is 1. The predicted molar refractivity (Wildman–Crippen MR) is 130 cm³/mol. The van der Waals surface area contributed by atoms with E-state index in [1.807, 2.05) is 42.5 Å². The number of azo groups is 1. The predicted octanol–water partition coefficient (Wildman–Crippen LogP) is 5.95. The minimum atomic E-state index is -0.752. The molecule has 0 fully saturated rings. The van der Waals surface area contributed by atoms with Gasteiger partial charge < -0.3 is 14.4 Å². The quantitative estimate of drug-likeness (QED) is 0.174. The summed E-state index contributed by atoms with van der Waals surface area (Å²) in [6.45, 7) is -0.0380. The van der Waals surface area contributed by atoms with E-state index in [4.69, 9.17) is 4.74 Å². The van der Waals surface area contributed by atoms with Crippen LogP contribution in [0, 0.1) is 10.1 Å². The average molecular weight is 523 g/mol. The Labute approximate surface area is 202 Å². The molecule has 4 rings (SSSR count). The molecular weight excluding hydrogens is 504 g/mol. The summed E-state index contributed by atoms with van der Waals surface area (Å²) >= 11 is 3.42. The molecule has 10 heteroatoms. The molecule has 0 spiro atoms. The first-order chi connectivity index (χ1) is 16.4. The Balaban J connectivity index is 1.55. The Morgan fingerprint density at radius 2 is 1.82 bits per heavy atom. The lowest BCUT2D eigenvalue weighted by Crippen LogP contribution is -2.09.